The van der Waals surface area contributed by atoms with E-state index in [1.54, 1.807) is 62.4 Å². The quantitative estimate of drug-likeness (QED) is 0.0796. The summed E-state index contributed by atoms with van der Waals surface area (Å²) in [6.07, 6.45) is -0.773. The number of rotatable bonds is 19. The molecule has 0 aliphatic rings. The summed E-state index contributed by atoms with van der Waals surface area (Å²) in [6, 6.07) is 29.1. The van der Waals surface area contributed by atoms with Crippen LogP contribution in [0.1, 0.15) is 63.7 Å². The maximum absolute atomic E-state index is 12.2. The first-order valence-electron chi connectivity index (χ1n) is 17.3. The van der Waals surface area contributed by atoms with Crippen LogP contribution in [0.5, 0.6) is 11.5 Å². The summed E-state index contributed by atoms with van der Waals surface area (Å²) in [7, 11) is 0. The van der Waals surface area contributed by atoms with Crippen molar-refractivity contribution in [2.75, 3.05) is 33.0 Å². The van der Waals surface area contributed by atoms with Crippen LogP contribution in [0.3, 0.4) is 0 Å². The van der Waals surface area contributed by atoms with Crippen molar-refractivity contribution in [2.45, 2.75) is 59.7 Å². The molecule has 0 radical (unpaired) electrons. The Morgan fingerprint density at radius 2 is 1.00 bits per heavy atom. The highest BCUT2D eigenvalue weighted by atomic mass is 16.6. The average molecular weight is 713 g/mol. The number of benzene rings is 4. The van der Waals surface area contributed by atoms with Crippen LogP contribution in [0, 0.1) is 13.8 Å². The van der Waals surface area contributed by atoms with E-state index in [9.17, 15) is 19.2 Å². The van der Waals surface area contributed by atoms with Crippen molar-refractivity contribution in [3.05, 3.63) is 130 Å². The van der Waals surface area contributed by atoms with Crippen molar-refractivity contribution in [1.82, 2.24) is 0 Å². The molecule has 10 nitrogen and oxygen atoms in total. The zero-order chi connectivity index (χ0) is 37.9. The van der Waals surface area contributed by atoms with E-state index in [2.05, 4.69) is 0 Å². The minimum atomic E-state index is -0.981. The lowest BCUT2D eigenvalue weighted by molar-refractivity contribution is -0.156. The molecule has 4 aromatic carbocycles. The van der Waals surface area contributed by atoms with Gasteiger partial charge in [-0.15, -0.1) is 0 Å². The second-order valence-corrected chi connectivity index (χ2v) is 11.8. The number of aryl methyl sites for hydroxylation is 2. The number of carbonyl (C=O) groups excluding carboxylic acids is 3. The minimum absolute atomic E-state index is 0.0206. The highest BCUT2D eigenvalue weighted by Gasteiger charge is 2.21. The number of carboxylic acids is 1. The molecule has 4 rings (SSSR count). The zero-order valence-electron chi connectivity index (χ0n) is 30.5. The Kier molecular flexibility index (Phi) is 17.2. The molecule has 1 N–H and O–H groups in total. The lowest BCUT2D eigenvalue weighted by Crippen LogP contribution is -2.28. The average Bonchev–Trinajstić information content (AvgIpc) is 3.14. The van der Waals surface area contributed by atoms with Crippen LogP contribution in [0.4, 0.5) is 0 Å². The van der Waals surface area contributed by atoms with Crippen molar-refractivity contribution >= 4 is 23.5 Å². The van der Waals surface area contributed by atoms with E-state index in [1.165, 1.54) is 0 Å². The molecule has 0 aliphatic carbocycles. The molecule has 4 aromatic rings. The topological polar surface area (TPSA) is 135 Å². The first kappa shape index (κ1) is 41.1. The van der Waals surface area contributed by atoms with Gasteiger partial charge in [0.2, 0.25) is 0 Å². The molecule has 0 unspecified atom stereocenters. The number of Topliss-reactive ketones (excluding diaryl/α,β-unsaturated/α-hetero) is 2. The van der Waals surface area contributed by atoms with Crippen LogP contribution in [-0.2, 0) is 36.6 Å². The van der Waals surface area contributed by atoms with Gasteiger partial charge in [0.25, 0.3) is 0 Å². The number of ether oxygens (including phenoxy) is 5. The maximum atomic E-state index is 12.2. The summed E-state index contributed by atoms with van der Waals surface area (Å²) in [5, 5.41) is 9.11. The van der Waals surface area contributed by atoms with Gasteiger partial charge in [-0.25, -0.2) is 9.59 Å². The summed E-state index contributed by atoms with van der Waals surface area (Å²) >= 11 is 0. The maximum Gasteiger partial charge on any atom is 0.335 e. The fraction of sp³-hybridized carbons (Fsp3) is 0.333. The van der Waals surface area contributed by atoms with E-state index >= 15 is 0 Å². The SMILES string of the molecule is CCOC(=O)[C@H](Cc1ccc(OCC(=O)c2cccc(C)c2)cc1)OCC.CCO[C@@H](Cc1ccc(OCC(=O)c2cccc(C)c2)cc1)C(=O)O. The normalized spacial score (nSPS) is 11.7. The van der Waals surface area contributed by atoms with Crippen molar-refractivity contribution in [2.24, 2.45) is 0 Å². The number of carboxylic acid groups (broad SMARTS) is 1. The minimum Gasteiger partial charge on any atom is -0.485 e. The van der Waals surface area contributed by atoms with Crippen molar-refractivity contribution in [1.29, 1.82) is 0 Å². The van der Waals surface area contributed by atoms with Gasteiger partial charge >= 0.3 is 11.9 Å². The first-order chi connectivity index (χ1) is 25.0. The van der Waals surface area contributed by atoms with Gasteiger partial charge in [0, 0.05) is 37.2 Å². The fourth-order valence-corrected chi connectivity index (χ4v) is 5.04. The Bertz CT molecular complexity index is 1730. The van der Waals surface area contributed by atoms with E-state index in [1.807, 2.05) is 69.3 Å². The van der Waals surface area contributed by atoms with Crippen molar-refractivity contribution in [3.63, 3.8) is 0 Å². The zero-order valence-corrected chi connectivity index (χ0v) is 30.5. The third-order valence-electron chi connectivity index (χ3n) is 7.67. The van der Waals surface area contributed by atoms with Crippen molar-refractivity contribution in [3.8, 4) is 11.5 Å². The summed E-state index contributed by atoms with van der Waals surface area (Å²) in [5.74, 6) is -0.331. The number of esters is 1. The first-order valence-corrected chi connectivity index (χ1v) is 17.3. The molecule has 2 atom stereocenters. The van der Waals surface area contributed by atoms with Gasteiger partial charge in [0.1, 0.15) is 11.5 Å². The fourth-order valence-electron chi connectivity index (χ4n) is 5.04. The highest BCUT2D eigenvalue weighted by Crippen LogP contribution is 2.17. The molecular weight excluding hydrogens is 664 g/mol. The van der Waals surface area contributed by atoms with Crippen LogP contribution in [0.2, 0.25) is 0 Å². The number of carbonyl (C=O) groups is 4. The highest BCUT2D eigenvalue weighted by molar-refractivity contribution is 5.97. The van der Waals surface area contributed by atoms with Gasteiger partial charge in [-0.3, -0.25) is 9.59 Å². The third-order valence-corrected chi connectivity index (χ3v) is 7.67. The summed E-state index contributed by atoms with van der Waals surface area (Å²) < 4.78 is 26.8. The predicted molar refractivity (Wildman–Crippen MR) is 197 cm³/mol. The van der Waals surface area contributed by atoms with E-state index < -0.39 is 18.2 Å². The molecule has 0 heterocycles. The Hall–Kier alpha value is -5.32. The summed E-state index contributed by atoms with van der Waals surface area (Å²) in [4.78, 5) is 47.4. The van der Waals surface area contributed by atoms with Crippen LogP contribution in [-0.4, -0.2) is 73.9 Å². The molecule has 0 aliphatic heterocycles. The monoisotopic (exact) mass is 712 g/mol. The van der Waals surface area contributed by atoms with Gasteiger partial charge in [-0.05, 0) is 82.1 Å². The van der Waals surface area contributed by atoms with Crippen LogP contribution >= 0.6 is 0 Å². The standard InChI is InChI=1S/C22H26O5.C20H22O5/c1-4-25-21(22(24)26-5-2)14-17-9-11-19(12-10-17)27-15-20(23)18-8-6-7-16(3)13-18;1-3-24-19(20(22)23)12-15-7-9-17(10-8-15)25-13-18(21)16-6-4-5-14(2)11-16/h6-13,21H,4-5,14-15H2,1-3H3;4-11,19H,3,12-13H2,1-2H3,(H,22,23)/t21-;19-/m00/s1. The van der Waals surface area contributed by atoms with Gasteiger partial charge in [0.15, 0.2) is 37.0 Å². The van der Waals surface area contributed by atoms with Crippen LogP contribution in [0.15, 0.2) is 97.1 Å². The van der Waals surface area contributed by atoms with E-state index in [-0.39, 0.29) is 37.2 Å². The lowest BCUT2D eigenvalue weighted by atomic mass is 10.1. The molecule has 0 fully saturated rings. The Balaban J connectivity index is 0.000000281. The molecule has 0 amide bonds. The summed E-state index contributed by atoms with van der Waals surface area (Å²) in [6.45, 7) is 10.3. The molecule has 0 bridgehead atoms. The molecule has 10 heteroatoms. The second kappa shape index (κ2) is 21.8. The summed E-state index contributed by atoms with van der Waals surface area (Å²) in [5.41, 5.74) is 5.09. The lowest BCUT2D eigenvalue weighted by Gasteiger charge is -2.15. The molecule has 0 saturated heterocycles. The molecular formula is C42H48O10. The number of hydrogen-bond donors (Lipinski definition) is 1. The number of hydrogen-bond acceptors (Lipinski definition) is 9. The number of ketones is 2. The van der Waals surface area contributed by atoms with Gasteiger partial charge in [-0.2, -0.15) is 0 Å². The molecule has 0 saturated carbocycles. The van der Waals surface area contributed by atoms with Gasteiger partial charge in [0.05, 0.1) is 6.61 Å². The molecule has 52 heavy (non-hydrogen) atoms. The van der Waals surface area contributed by atoms with Crippen molar-refractivity contribution < 1.29 is 48.0 Å². The van der Waals surface area contributed by atoms with Crippen LogP contribution < -0.4 is 9.47 Å². The smallest absolute Gasteiger partial charge is 0.335 e. The largest absolute Gasteiger partial charge is 0.485 e. The van der Waals surface area contributed by atoms with Crippen LogP contribution in [0.25, 0.3) is 0 Å². The predicted octanol–water partition coefficient (Wildman–Crippen LogP) is 7.06. The number of aliphatic carboxylic acids is 1. The molecule has 0 aromatic heterocycles. The molecule has 276 valence electrons. The second-order valence-electron chi connectivity index (χ2n) is 11.8. The molecule has 0 spiro atoms. The van der Waals surface area contributed by atoms with Gasteiger partial charge < -0.3 is 28.8 Å². The van der Waals surface area contributed by atoms with E-state index in [0.29, 0.717) is 48.9 Å². The van der Waals surface area contributed by atoms with Gasteiger partial charge in [-0.1, -0.05) is 71.8 Å². The van der Waals surface area contributed by atoms with E-state index in [4.69, 9.17) is 28.8 Å². The third kappa shape index (κ3) is 14.1. The Morgan fingerprint density at radius 3 is 1.38 bits per heavy atom. The Morgan fingerprint density at radius 1 is 0.577 bits per heavy atom. The Labute approximate surface area is 305 Å². The van der Waals surface area contributed by atoms with E-state index in [0.717, 1.165) is 22.3 Å².